The summed E-state index contributed by atoms with van der Waals surface area (Å²) >= 11 is 1.46. The minimum Gasteiger partial charge on any atom is -0.476 e. The number of nitro groups is 1. The molecule has 0 aliphatic carbocycles. The molecule has 0 aliphatic rings. The molecule has 0 bridgehead atoms. The monoisotopic (exact) mass is 281 g/mol. The van der Waals surface area contributed by atoms with E-state index in [2.05, 4.69) is 20.3 Å². The summed E-state index contributed by atoms with van der Waals surface area (Å²) in [6.07, 6.45) is 2.88. The molecule has 1 unspecified atom stereocenters. The Labute approximate surface area is 112 Å². The summed E-state index contributed by atoms with van der Waals surface area (Å²) in [5.41, 5.74) is -0.284. The molecule has 9 heteroatoms. The Balaban J connectivity index is 2.32. The molecular weight excluding hydrogens is 270 g/mol. The summed E-state index contributed by atoms with van der Waals surface area (Å²) in [4.78, 5) is 22.2. The zero-order chi connectivity index (χ0) is 13.8. The second kappa shape index (κ2) is 5.57. The zero-order valence-electron chi connectivity index (χ0n) is 10.2. The number of rotatable bonds is 5. The van der Waals surface area contributed by atoms with Gasteiger partial charge >= 0.3 is 5.69 Å². The first-order valence-electron chi connectivity index (χ1n) is 5.32. The van der Waals surface area contributed by atoms with Crippen molar-refractivity contribution in [2.45, 2.75) is 13.0 Å². The number of hydrogen-bond acceptors (Lipinski definition) is 8. The van der Waals surface area contributed by atoms with E-state index < -0.39 is 4.92 Å². The summed E-state index contributed by atoms with van der Waals surface area (Å²) in [6.45, 7) is 1.84. The maximum absolute atomic E-state index is 11.1. The average molecular weight is 281 g/mol. The fourth-order valence-electron chi connectivity index (χ4n) is 1.50. The first-order valence-corrected chi connectivity index (χ1v) is 6.20. The van der Waals surface area contributed by atoms with Gasteiger partial charge in [0.1, 0.15) is 11.3 Å². The third-order valence-electron chi connectivity index (χ3n) is 2.34. The van der Waals surface area contributed by atoms with Crippen molar-refractivity contribution >= 4 is 22.8 Å². The smallest absolute Gasteiger partial charge is 0.372 e. The Hall–Kier alpha value is -2.29. The predicted octanol–water partition coefficient (Wildman–Crippen LogP) is 2.02. The minimum atomic E-state index is -0.574. The molecule has 0 saturated carbocycles. The Morgan fingerprint density at radius 3 is 2.84 bits per heavy atom. The fourth-order valence-corrected chi connectivity index (χ4v) is 2.14. The topological polar surface area (TPSA) is 103 Å². The summed E-state index contributed by atoms with van der Waals surface area (Å²) in [6, 6.07) is -0.196. The molecule has 1 atom stereocenters. The lowest BCUT2D eigenvalue weighted by atomic mass is 10.3. The van der Waals surface area contributed by atoms with Crippen LogP contribution < -0.4 is 10.1 Å². The third-order valence-corrected chi connectivity index (χ3v) is 3.30. The third kappa shape index (κ3) is 2.76. The molecule has 19 heavy (non-hydrogen) atoms. The highest BCUT2D eigenvalue weighted by molar-refractivity contribution is 7.09. The molecule has 8 nitrogen and oxygen atoms in total. The van der Waals surface area contributed by atoms with Crippen LogP contribution >= 0.6 is 11.3 Å². The largest absolute Gasteiger partial charge is 0.476 e. The zero-order valence-corrected chi connectivity index (χ0v) is 11.0. The highest BCUT2D eigenvalue weighted by atomic mass is 32.1. The Morgan fingerprint density at radius 2 is 2.26 bits per heavy atom. The molecule has 0 saturated heterocycles. The lowest BCUT2D eigenvalue weighted by Gasteiger charge is -2.12. The number of thiazole rings is 1. The SMILES string of the molecule is COc1ncnc(NC(C)c2nccs2)c1[N+](=O)[O-]. The van der Waals surface area contributed by atoms with Crippen LogP contribution in [0.4, 0.5) is 11.5 Å². The van der Waals surface area contributed by atoms with Gasteiger partial charge in [-0.3, -0.25) is 10.1 Å². The molecule has 2 aromatic heterocycles. The van der Waals surface area contributed by atoms with Crippen molar-refractivity contribution in [2.24, 2.45) is 0 Å². The van der Waals surface area contributed by atoms with E-state index in [-0.39, 0.29) is 23.4 Å². The second-order valence-electron chi connectivity index (χ2n) is 3.57. The van der Waals surface area contributed by atoms with Crippen molar-refractivity contribution in [1.29, 1.82) is 0 Å². The van der Waals surface area contributed by atoms with E-state index in [0.717, 1.165) is 5.01 Å². The van der Waals surface area contributed by atoms with E-state index in [1.807, 2.05) is 12.3 Å². The van der Waals surface area contributed by atoms with Crippen LogP contribution in [-0.4, -0.2) is 27.0 Å². The minimum absolute atomic E-state index is 0.0751. The maximum atomic E-state index is 11.1. The number of nitrogens with zero attached hydrogens (tertiary/aromatic N) is 4. The van der Waals surface area contributed by atoms with Gasteiger partial charge in [0.15, 0.2) is 0 Å². The van der Waals surface area contributed by atoms with Gasteiger partial charge in [-0.05, 0) is 6.92 Å². The summed E-state index contributed by atoms with van der Waals surface area (Å²) in [5.74, 6) is 0.0355. The summed E-state index contributed by atoms with van der Waals surface area (Å²) in [5, 5.41) is 16.7. The number of nitrogens with one attached hydrogen (secondary N) is 1. The van der Waals surface area contributed by atoms with E-state index in [0.29, 0.717) is 0 Å². The molecule has 0 fully saturated rings. The van der Waals surface area contributed by atoms with Crippen LogP contribution in [0.2, 0.25) is 0 Å². The van der Waals surface area contributed by atoms with Gasteiger partial charge in [-0.1, -0.05) is 0 Å². The van der Waals surface area contributed by atoms with Crippen LogP contribution in [0.3, 0.4) is 0 Å². The molecular formula is C10H11N5O3S. The van der Waals surface area contributed by atoms with E-state index in [1.54, 1.807) is 6.20 Å². The predicted molar refractivity (Wildman–Crippen MR) is 69.4 cm³/mol. The lowest BCUT2D eigenvalue weighted by molar-refractivity contribution is -0.385. The normalized spacial score (nSPS) is 11.9. The number of hydrogen-bond donors (Lipinski definition) is 1. The van der Waals surface area contributed by atoms with Crippen molar-refractivity contribution in [3.63, 3.8) is 0 Å². The van der Waals surface area contributed by atoms with Crippen molar-refractivity contribution in [1.82, 2.24) is 15.0 Å². The number of methoxy groups -OCH3 is 1. The van der Waals surface area contributed by atoms with Gasteiger partial charge in [-0.2, -0.15) is 4.98 Å². The molecule has 2 aromatic rings. The first kappa shape index (κ1) is 13.1. The Morgan fingerprint density at radius 1 is 1.47 bits per heavy atom. The molecule has 2 rings (SSSR count). The van der Waals surface area contributed by atoms with Crippen LogP contribution in [0.25, 0.3) is 0 Å². The standard InChI is InChI=1S/C10H11N5O3S/c1-6(10-11-3-4-19-10)14-8-7(15(16)17)9(18-2)13-5-12-8/h3-6H,1-2H3,(H,12,13,14). The van der Waals surface area contributed by atoms with Crippen molar-refractivity contribution in [2.75, 3.05) is 12.4 Å². The van der Waals surface area contributed by atoms with Crippen LogP contribution in [0.15, 0.2) is 17.9 Å². The van der Waals surface area contributed by atoms with Gasteiger partial charge in [0.2, 0.25) is 5.82 Å². The summed E-state index contributed by atoms with van der Waals surface area (Å²) < 4.78 is 4.87. The highest BCUT2D eigenvalue weighted by Gasteiger charge is 2.25. The molecule has 2 heterocycles. The maximum Gasteiger partial charge on any atom is 0.372 e. The van der Waals surface area contributed by atoms with Gasteiger partial charge in [-0.15, -0.1) is 11.3 Å². The van der Waals surface area contributed by atoms with Crippen molar-refractivity contribution in [3.05, 3.63) is 33.0 Å². The fraction of sp³-hybridized carbons (Fsp3) is 0.300. The van der Waals surface area contributed by atoms with Crippen LogP contribution in [0, 0.1) is 10.1 Å². The lowest BCUT2D eigenvalue weighted by Crippen LogP contribution is -2.10. The second-order valence-corrected chi connectivity index (χ2v) is 4.50. The number of anilines is 1. The van der Waals surface area contributed by atoms with Gasteiger partial charge in [-0.25, -0.2) is 9.97 Å². The van der Waals surface area contributed by atoms with Crippen LogP contribution in [0.1, 0.15) is 18.0 Å². The van der Waals surface area contributed by atoms with E-state index >= 15 is 0 Å². The van der Waals surface area contributed by atoms with Crippen molar-refractivity contribution in [3.8, 4) is 5.88 Å². The van der Waals surface area contributed by atoms with Gasteiger partial charge in [0.05, 0.1) is 18.1 Å². The molecule has 100 valence electrons. The highest BCUT2D eigenvalue weighted by Crippen LogP contribution is 2.32. The van der Waals surface area contributed by atoms with Crippen molar-refractivity contribution < 1.29 is 9.66 Å². The summed E-state index contributed by atoms with van der Waals surface area (Å²) in [7, 11) is 1.32. The number of ether oxygens (including phenoxy) is 1. The molecule has 0 radical (unpaired) electrons. The van der Waals surface area contributed by atoms with Crippen LogP contribution in [-0.2, 0) is 0 Å². The molecule has 1 N–H and O–H groups in total. The van der Waals surface area contributed by atoms with E-state index in [4.69, 9.17) is 4.74 Å². The average Bonchev–Trinajstić information content (AvgIpc) is 2.92. The molecule has 0 amide bonds. The Kier molecular flexibility index (Phi) is 3.85. The molecule has 0 aliphatic heterocycles. The van der Waals surface area contributed by atoms with Gasteiger partial charge in [0.25, 0.3) is 5.88 Å². The molecule has 0 spiro atoms. The van der Waals surface area contributed by atoms with Gasteiger partial charge < -0.3 is 10.1 Å². The number of aromatic nitrogens is 3. The quantitative estimate of drug-likeness (QED) is 0.660. The van der Waals surface area contributed by atoms with Crippen LogP contribution in [0.5, 0.6) is 5.88 Å². The van der Waals surface area contributed by atoms with Gasteiger partial charge in [0, 0.05) is 11.6 Å². The molecule has 0 aromatic carbocycles. The Bertz CT molecular complexity index is 575. The van der Waals surface area contributed by atoms with E-state index in [9.17, 15) is 10.1 Å². The van der Waals surface area contributed by atoms with E-state index in [1.165, 1.54) is 24.8 Å². The first-order chi connectivity index (χ1) is 9.13.